The van der Waals surface area contributed by atoms with Crippen molar-refractivity contribution >= 4 is 41.0 Å². The molecule has 0 aromatic heterocycles. The fourth-order valence-electron chi connectivity index (χ4n) is 4.72. The number of amides is 1. The molecule has 12 nitrogen and oxygen atoms in total. The van der Waals surface area contributed by atoms with Crippen molar-refractivity contribution < 1.29 is 39.0 Å². The summed E-state index contributed by atoms with van der Waals surface area (Å²) in [5, 5.41) is 25.3. The summed E-state index contributed by atoms with van der Waals surface area (Å²) in [4.78, 5) is 46.8. The Balaban J connectivity index is 0.000000700. The van der Waals surface area contributed by atoms with Gasteiger partial charge in [0.25, 0.3) is 5.69 Å². The van der Waals surface area contributed by atoms with Gasteiger partial charge >= 0.3 is 11.9 Å². The number of carbonyl (C=O) groups is 3. The molecule has 2 aliphatic rings. The van der Waals surface area contributed by atoms with Gasteiger partial charge in [0, 0.05) is 36.7 Å². The molecule has 0 bridgehead atoms. The average Bonchev–Trinajstić information content (AvgIpc) is 3.88. The van der Waals surface area contributed by atoms with Crippen molar-refractivity contribution in [3.05, 3.63) is 88.5 Å². The number of nitro groups is 1. The minimum absolute atomic E-state index is 0.0671. The van der Waals surface area contributed by atoms with Crippen LogP contribution in [0.2, 0.25) is 0 Å². The van der Waals surface area contributed by atoms with Crippen molar-refractivity contribution in [2.45, 2.75) is 41.9 Å². The monoisotopic (exact) mass is 637 g/mol. The molecular formula is C32H35N3O9S. The number of hydrogen-bond acceptors (Lipinski definition) is 9. The van der Waals surface area contributed by atoms with E-state index in [1.165, 1.54) is 25.0 Å². The molecule has 0 spiro atoms. The van der Waals surface area contributed by atoms with Crippen LogP contribution in [-0.4, -0.2) is 77.3 Å². The first kappa shape index (κ1) is 33.3. The normalized spacial score (nSPS) is 15.5. The third-order valence-electron chi connectivity index (χ3n) is 7.26. The molecule has 1 fully saturated rings. The number of non-ortho nitro benzene ring substituents is 1. The van der Waals surface area contributed by atoms with E-state index in [9.17, 15) is 14.9 Å². The molecule has 1 amide bonds. The highest BCUT2D eigenvalue weighted by molar-refractivity contribution is 8.00. The third-order valence-corrected chi connectivity index (χ3v) is 8.57. The fourth-order valence-corrected chi connectivity index (χ4v) is 6.01. The second kappa shape index (κ2) is 15.9. The van der Waals surface area contributed by atoms with Gasteiger partial charge in [-0.2, -0.15) is 0 Å². The van der Waals surface area contributed by atoms with Gasteiger partial charge in [-0.3, -0.25) is 19.8 Å². The number of benzene rings is 3. The van der Waals surface area contributed by atoms with Crippen LogP contribution in [0.25, 0.3) is 0 Å². The molecule has 1 aliphatic heterocycles. The van der Waals surface area contributed by atoms with E-state index >= 15 is 0 Å². The third kappa shape index (κ3) is 9.68. The number of hydrogen-bond donors (Lipinski definition) is 2. The summed E-state index contributed by atoms with van der Waals surface area (Å²) in [7, 11) is 1.84. The quantitative estimate of drug-likeness (QED) is 0.109. The van der Waals surface area contributed by atoms with Crippen LogP contribution >= 0.6 is 11.8 Å². The maximum absolute atomic E-state index is 12.9. The number of carboxylic acid groups (broad SMARTS) is 2. The van der Waals surface area contributed by atoms with Crippen molar-refractivity contribution in [3.63, 3.8) is 0 Å². The van der Waals surface area contributed by atoms with Crippen molar-refractivity contribution in [1.29, 1.82) is 0 Å². The molecule has 1 heterocycles. The number of ether oxygens (including phenoxy) is 2. The highest BCUT2D eigenvalue weighted by atomic mass is 32.2. The van der Waals surface area contributed by atoms with Gasteiger partial charge in [0.15, 0.2) is 0 Å². The highest BCUT2D eigenvalue weighted by Crippen LogP contribution is 2.46. The van der Waals surface area contributed by atoms with Gasteiger partial charge in [0.1, 0.15) is 23.4 Å². The number of carboxylic acids is 2. The molecule has 45 heavy (non-hydrogen) atoms. The Morgan fingerprint density at radius 3 is 2.11 bits per heavy atom. The predicted octanol–water partition coefficient (Wildman–Crippen LogP) is 5.26. The van der Waals surface area contributed by atoms with E-state index in [0.29, 0.717) is 25.0 Å². The molecule has 1 unspecified atom stereocenters. The minimum Gasteiger partial charge on any atom is -0.494 e. The Kier molecular flexibility index (Phi) is 11.8. The minimum atomic E-state index is -1.82. The Morgan fingerprint density at radius 1 is 0.911 bits per heavy atom. The number of unbranched alkanes of at least 4 members (excludes halogenated alkanes) is 1. The number of thioether (sulfide) groups is 1. The van der Waals surface area contributed by atoms with E-state index in [1.807, 2.05) is 49.5 Å². The van der Waals surface area contributed by atoms with E-state index < -0.39 is 16.9 Å². The lowest BCUT2D eigenvalue weighted by molar-refractivity contribution is -0.384. The van der Waals surface area contributed by atoms with Crippen molar-refractivity contribution in [2.75, 3.05) is 38.3 Å². The van der Waals surface area contributed by atoms with E-state index in [4.69, 9.17) is 29.3 Å². The molecular weight excluding hydrogens is 602 g/mol. The first-order valence-corrected chi connectivity index (χ1v) is 15.4. The van der Waals surface area contributed by atoms with Gasteiger partial charge in [-0.05, 0) is 74.2 Å². The van der Waals surface area contributed by atoms with Crippen molar-refractivity contribution in [1.82, 2.24) is 4.90 Å². The van der Waals surface area contributed by atoms with Crippen LogP contribution in [0.4, 0.5) is 11.4 Å². The van der Waals surface area contributed by atoms with E-state index in [-0.39, 0.29) is 16.8 Å². The van der Waals surface area contributed by atoms with Gasteiger partial charge < -0.3 is 24.6 Å². The van der Waals surface area contributed by atoms with Crippen LogP contribution in [0, 0.1) is 10.1 Å². The number of rotatable bonds is 13. The standard InChI is InChI=1S/C30H33N3O5S.C2H2O4/c1-31-27-6-2-3-7-28(27)39-29(30(31)34)22-8-14-25(15-9-22)37-20-5-4-18-32(23-10-11-23)19-21-38-26-16-12-24(13-17-26)33(35)36;3-1(4)2(5)6/h2-3,6-9,12-17,23,29H,4-5,10-11,18-21H2,1H3;(H,3,4)(H,5,6). The maximum atomic E-state index is 12.9. The second-order valence-electron chi connectivity index (χ2n) is 10.5. The Labute approximate surface area is 264 Å². The number of para-hydroxylation sites is 1. The topological polar surface area (TPSA) is 160 Å². The smallest absolute Gasteiger partial charge is 0.414 e. The van der Waals surface area contributed by atoms with E-state index in [1.54, 1.807) is 28.8 Å². The zero-order valence-electron chi connectivity index (χ0n) is 24.7. The number of carbonyl (C=O) groups excluding carboxylic acids is 1. The average molecular weight is 638 g/mol. The summed E-state index contributed by atoms with van der Waals surface area (Å²) >= 11 is 1.60. The number of nitrogens with zero attached hydrogens (tertiary/aromatic N) is 3. The molecule has 3 aromatic rings. The Morgan fingerprint density at radius 2 is 1.51 bits per heavy atom. The zero-order chi connectivity index (χ0) is 32.3. The van der Waals surface area contributed by atoms with Crippen LogP contribution in [0.1, 0.15) is 36.5 Å². The largest absolute Gasteiger partial charge is 0.494 e. The lowest BCUT2D eigenvalue weighted by Gasteiger charge is -2.31. The summed E-state index contributed by atoms with van der Waals surface area (Å²) in [6.07, 6.45) is 4.44. The number of aliphatic carboxylic acids is 2. The molecule has 238 valence electrons. The fraction of sp³-hybridized carbons (Fsp3) is 0.344. The van der Waals surface area contributed by atoms with Crippen LogP contribution < -0.4 is 14.4 Å². The van der Waals surface area contributed by atoms with E-state index in [0.717, 1.165) is 47.8 Å². The number of anilines is 1. The summed E-state index contributed by atoms with van der Waals surface area (Å²) < 4.78 is 11.8. The molecule has 0 saturated heterocycles. The molecule has 1 aliphatic carbocycles. The number of fused-ring (bicyclic) bond motifs is 1. The second-order valence-corrected chi connectivity index (χ2v) is 11.6. The molecule has 0 radical (unpaired) electrons. The summed E-state index contributed by atoms with van der Waals surface area (Å²) in [5.41, 5.74) is 2.01. The van der Waals surface area contributed by atoms with E-state index in [2.05, 4.69) is 11.0 Å². The summed E-state index contributed by atoms with van der Waals surface area (Å²) in [6.45, 7) is 3.03. The first-order valence-electron chi connectivity index (χ1n) is 14.5. The van der Waals surface area contributed by atoms with Gasteiger partial charge in [0.2, 0.25) is 5.91 Å². The molecule has 2 N–H and O–H groups in total. The molecule has 5 rings (SSSR count). The molecule has 1 saturated carbocycles. The van der Waals surface area contributed by atoms with Gasteiger partial charge in [0.05, 0.1) is 17.2 Å². The Hall–Kier alpha value is -4.62. The Bertz CT molecular complexity index is 1470. The van der Waals surface area contributed by atoms with Crippen molar-refractivity contribution in [2.24, 2.45) is 0 Å². The highest BCUT2D eigenvalue weighted by Gasteiger charge is 2.32. The van der Waals surface area contributed by atoms with Gasteiger partial charge in [-0.1, -0.05) is 24.3 Å². The number of likely N-dealkylation sites (N-methyl/N-ethyl adjacent to an activating group) is 1. The SMILES string of the molecule is CN1C(=O)C(c2ccc(OCCCCN(CCOc3ccc([N+](=O)[O-])cc3)C3CC3)cc2)Sc2ccccc21.O=C(O)C(=O)O. The molecule has 1 atom stereocenters. The summed E-state index contributed by atoms with van der Waals surface area (Å²) in [6, 6.07) is 22.7. The maximum Gasteiger partial charge on any atom is 0.414 e. The molecule has 3 aromatic carbocycles. The van der Waals surface area contributed by atoms with Crippen LogP contribution in [0.5, 0.6) is 11.5 Å². The molecule has 13 heteroatoms. The summed E-state index contributed by atoms with van der Waals surface area (Å²) in [5.74, 6) is -2.09. The lowest BCUT2D eigenvalue weighted by Crippen LogP contribution is -2.33. The first-order chi connectivity index (χ1) is 21.6. The van der Waals surface area contributed by atoms with Crippen LogP contribution in [0.15, 0.2) is 77.7 Å². The van der Waals surface area contributed by atoms with Gasteiger partial charge in [-0.25, -0.2) is 9.59 Å². The van der Waals surface area contributed by atoms with Crippen LogP contribution in [-0.2, 0) is 14.4 Å². The van der Waals surface area contributed by atoms with Crippen LogP contribution in [0.3, 0.4) is 0 Å². The number of nitro benzene ring substituents is 1. The predicted molar refractivity (Wildman–Crippen MR) is 168 cm³/mol. The zero-order valence-corrected chi connectivity index (χ0v) is 25.6. The van der Waals surface area contributed by atoms with Crippen molar-refractivity contribution in [3.8, 4) is 11.5 Å². The van der Waals surface area contributed by atoms with Gasteiger partial charge in [-0.15, -0.1) is 11.8 Å². The lowest BCUT2D eigenvalue weighted by atomic mass is 10.1.